The Balaban J connectivity index is 1.58. The Morgan fingerprint density at radius 1 is 0.935 bits per heavy atom. The van der Waals surface area contributed by atoms with Gasteiger partial charge in [0.25, 0.3) is 5.69 Å². The first-order valence-corrected chi connectivity index (χ1v) is 10.0. The van der Waals surface area contributed by atoms with E-state index in [0.717, 1.165) is 31.6 Å². The minimum absolute atomic E-state index is 0.0239. The fraction of sp³-hybridized carbons (Fsp3) is 0.238. The molecule has 0 unspecified atom stereocenters. The van der Waals surface area contributed by atoms with Crippen molar-refractivity contribution in [2.24, 2.45) is 5.10 Å². The minimum Gasteiger partial charge on any atom is -0.341 e. The van der Waals surface area contributed by atoms with Gasteiger partial charge in [0.15, 0.2) is 0 Å². The number of piperidine rings is 1. The number of nitrogens with one attached hydrogen (secondary N) is 2. The molecule has 1 aromatic heterocycles. The van der Waals surface area contributed by atoms with Crippen molar-refractivity contribution in [2.75, 3.05) is 28.7 Å². The summed E-state index contributed by atoms with van der Waals surface area (Å²) in [6.45, 7) is 1.77. The quantitative estimate of drug-likeness (QED) is 0.336. The van der Waals surface area contributed by atoms with E-state index in [4.69, 9.17) is 0 Å². The summed E-state index contributed by atoms with van der Waals surface area (Å²) in [4.78, 5) is 26.3. The molecular weight excluding hydrogens is 396 g/mol. The van der Waals surface area contributed by atoms with E-state index in [9.17, 15) is 10.1 Å². The van der Waals surface area contributed by atoms with E-state index in [2.05, 4.69) is 35.7 Å². The number of aromatic nitrogens is 3. The molecular formula is C21H22N8O2. The van der Waals surface area contributed by atoms with Gasteiger partial charge in [0.2, 0.25) is 17.8 Å². The van der Waals surface area contributed by atoms with E-state index in [1.165, 1.54) is 18.7 Å². The molecule has 0 spiro atoms. The number of rotatable bonds is 7. The molecule has 4 rings (SSSR count). The second kappa shape index (κ2) is 9.61. The SMILES string of the molecule is O=[N+]([O-])c1ccccc1/C=N/Nc1nc(Nc2ccccc2)nc(N2CCCCC2)n1. The highest BCUT2D eigenvalue weighted by molar-refractivity contribution is 5.85. The Morgan fingerprint density at radius 2 is 1.65 bits per heavy atom. The van der Waals surface area contributed by atoms with Crippen LogP contribution < -0.4 is 15.6 Å². The highest BCUT2D eigenvalue weighted by atomic mass is 16.6. The zero-order chi connectivity index (χ0) is 21.5. The van der Waals surface area contributed by atoms with Gasteiger partial charge in [-0.2, -0.15) is 20.1 Å². The molecule has 0 atom stereocenters. The number of hydrogen-bond acceptors (Lipinski definition) is 9. The summed E-state index contributed by atoms with van der Waals surface area (Å²) in [5, 5.41) is 18.5. The lowest BCUT2D eigenvalue weighted by atomic mass is 10.1. The molecule has 2 heterocycles. The van der Waals surface area contributed by atoms with Crippen molar-refractivity contribution in [3.05, 3.63) is 70.3 Å². The largest absolute Gasteiger partial charge is 0.341 e. The normalized spacial score (nSPS) is 13.9. The first-order chi connectivity index (χ1) is 15.2. The second-order valence-corrected chi connectivity index (χ2v) is 7.01. The lowest BCUT2D eigenvalue weighted by Crippen LogP contribution is -2.31. The topological polar surface area (TPSA) is 121 Å². The number of hydrogen-bond donors (Lipinski definition) is 2. The molecule has 10 heteroatoms. The van der Waals surface area contributed by atoms with Crippen LogP contribution in [0.15, 0.2) is 59.7 Å². The molecule has 1 aliphatic heterocycles. The number of anilines is 4. The van der Waals surface area contributed by atoms with Crippen LogP contribution in [0.1, 0.15) is 24.8 Å². The van der Waals surface area contributed by atoms with E-state index < -0.39 is 4.92 Å². The summed E-state index contributed by atoms with van der Waals surface area (Å²) >= 11 is 0. The van der Waals surface area contributed by atoms with E-state index >= 15 is 0 Å². The molecule has 1 aliphatic rings. The Kier molecular flexibility index (Phi) is 6.26. The highest BCUT2D eigenvalue weighted by Crippen LogP contribution is 2.21. The van der Waals surface area contributed by atoms with Crippen LogP contribution in [0.3, 0.4) is 0 Å². The number of para-hydroxylation sites is 2. The molecule has 0 bridgehead atoms. The molecule has 10 nitrogen and oxygen atoms in total. The van der Waals surface area contributed by atoms with Crippen LogP contribution in [0.2, 0.25) is 0 Å². The summed E-state index contributed by atoms with van der Waals surface area (Å²) in [6.07, 6.45) is 4.76. The summed E-state index contributed by atoms with van der Waals surface area (Å²) < 4.78 is 0. The van der Waals surface area contributed by atoms with Gasteiger partial charge >= 0.3 is 0 Å². The zero-order valence-corrected chi connectivity index (χ0v) is 16.8. The third-order valence-electron chi connectivity index (χ3n) is 4.79. The van der Waals surface area contributed by atoms with Gasteiger partial charge in [0, 0.05) is 24.8 Å². The standard InChI is InChI=1S/C21H22N8O2/c30-29(31)18-12-6-5-9-16(18)15-22-27-20-24-19(23-17-10-3-1-4-11-17)25-21(26-20)28-13-7-2-8-14-28/h1,3-6,9-12,15H,2,7-8,13-14H2,(H2,23,24,25,26,27)/b22-15+. The molecule has 2 aromatic carbocycles. The van der Waals surface area contributed by atoms with Gasteiger partial charge in [-0.15, -0.1) is 0 Å². The van der Waals surface area contributed by atoms with Crippen LogP contribution in [0.25, 0.3) is 0 Å². The van der Waals surface area contributed by atoms with Gasteiger partial charge in [-0.1, -0.05) is 30.3 Å². The molecule has 0 saturated carbocycles. The number of hydrazone groups is 1. The van der Waals surface area contributed by atoms with Crippen LogP contribution in [-0.2, 0) is 0 Å². The molecule has 31 heavy (non-hydrogen) atoms. The highest BCUT2D eigenvalue weighted by Gasteiger charge is 2.16. The third kappa shape index (κ3) is 5.30. The van der Waals surface area contributed by atoms with Gasteiger partial charge in [0.05, 0.1) is 16.7 Å². The average Bonchev–Trinajstić information content (AvgIpc) is 2.80. The lowest BCUT2D eigenvalue weighted by Gasteiger charge is -2.26. The number of nitro benzene ring substituents is 1. The Bertz CT molecular complexity index is 1070. The fourth-order valence-corrected chi connectivity index (χ4v) is 3.28. The maximum atomic E-state index is 11.2. The van der Waals surface area contributed by atoms with Gasteiger partial charge < -0.3 is 10.2 Å². The summed E-state index contributed by atoms with van der Waals surface area (Å²) in [5.74, 6) is 1.21. The predicted octanol–water partition coefficient (Wildman–Crippen LogP) is 3.96. The lowest BCUT2D eigenvalue weighted by molar-refractivity contribution is -0.385. The molecule has 0 amide bonds. The van der Waals surface area contributed by atoms with E-state index in [0.29, 0.717) is 17.5 Å². The van der Waals surface area contributed by atoms with E-state index in [1.54, 1.807) is 18.2 Å². The number of benzene rings is 2. The Morgan fingerprint density at radius 3 is 2.42 bits per heavy atom. The zero-order valence-electron chi connectivity index (χ0n) is 16.8. The first kappa shape index (κ1) is 20.2. The maximum Gasteiger partial charge on any atom is 0.278 e. The summed E-state index contributed by atoms with van der Waals surface area (Å²) in [6, 6.07) is 16.0. The molecule has 3 aromatic rings. The predicted molar refractivity (Wildman–Crippen MR) is 120 cm³/mol. The molecule has 1 fully saturated rings. The Labute approximate surface area is 179 Å². The van der Waals surface area contributed by atoms with Crippen molar-refractivity contribution in [3.63, 3.8) is 0 Å². The van der Waals surface area contributed by atoms with Gasteiger partial charge in [0.1, 0.15) is 0 Å². The number of nitrogens with zero attached hydrogens (tertiary/aromatic N) is 6. The summed E-state index contributed by atoms with van der Waals surface area (Å²) in [5.41, 5.74) is 4.00. The number of nitro groups is 1. The minimum atomic E-state index is -0.444. The first-order valence-electron chi connectivity index (χ1n) is 10.0. The maximum absolute atomic E-state index is 11.2. The molecule has 2 N–H and O–H groups in total. The monoisotopic (exact) mass is 418 g/mol. The fourth-order valence-electron chi connectivity index (χ4n) is 3.28. The summed E-state index contributed by atoms with van der Waals surface area (Å²) in [7, 11) is 0. The van der Waals surface area contributed by atoms with Crippen molar-refractivity contribution in [1.82, 2.24) is 15.0 Å². The van der Waals surface area contributed by atoms with Crippen molar-refractivity contribution >= 4 is 35.4 Å². The molecule has 0 aliphatic carbocycles. The smallest absolute Gasteiger partial charge is 0.278 e. The van der Waals surface area contributed by atoms with E-state index in [1.807, 2.05) is 30.3 Å². The van der Waals surface area contributed by atoms with Gasteiger partial charge in [-0.25, -0.2) is 5.43 Å². The van der Waals surface area contributed by atoms with Crippen LogP contribution in [0, 0.1) is 10.1 Å². The van der Waals surface area contributed by atoms with Crippen LogP contribution in [0.4, 0.5) is 29.2 Å². The third-order valence-corrected chi connectivity index (χ3v) is 4.79. The Hall–Kier alpha value is -4.08. The molecule has 0 radical (unpaired) electrons. The van der Waals surface area contributed by atoms with Crippen molar-refractivity contribution in [2.45, 2.75) is 19.3 Å². The molecule has 158 valence electrons. The van der Waals surface area contributed by atoms with Crippen LogP contribution in [0.5, 0.6) is 0 Å². The van der Waals surface area contributed by atoms with Crippen molar-refractivity contribution in [1.29, 1.82) is 0 Å². The van der Waals surface area contributed by atoms with Crippen LogP contribution in [-0.4, -0.2) is 39.2 Å². The second-order valence-electron chi connectivity index (χ2n) is 7.01. The van der Waals surface area contributed by atoms with Gasteiger partial charge in [-0.05, 0) is 37.5 Å². The molecule has 1 saturated heterocycles. The van der Waals surface area contributed by atoms with Gasteiger partial charge in [-0.3, -0.25) is 10.1 Å². The van der Waals surface area contributed by atoms with Crippen LogP contribution >= 0.6 is 0 Å². The van der Waals surface area contributed by atoms with Crippen molar-refractivity contribution < 1.29 is 4.92 Å². The average molecular weight is 418 g/mol. The van der Waals surface area contributed by atoms with E-state index in [-0.39, 0.29) is 11.6 Å². The van der Waals surface area contributed by atoms with Crippen molar-refractivity contribution in [3.8, 4) is 0 Å².